The van der Waals surface area contributed by atoms with E-state index in [0.29, 0.717) is 23.7 Å². The zero-order chi connectivity index (χ0) is 23.9. The van der Waals surface area contributed by atoms with Crippen molar-refractivity contribution in [2.45, 2.75) is 44.0 Å². The third-order valence-electron chi connectivity index (χ3n) is 6.56. The molecule has 0 unspecified atom stereocenters. The van der Waals surface area contributed by atoms with Gasteiger partial charge in [0.05, 0.1) is 23.0 Å². The fourth-order valence-electron chi connectivity index (χ4n) is 4.86. The molecule has 4 N–H and O–H groups in total. The minimum atomic E-state index is -4.30. The maximum atomic E-state index is 12.5. The van der Waals surface area contributed by atoms with Gasteiger partial charge in [-0.3, -0.25) is 0 Å². The van der Waals surface area contributed by atoms with Gasteiger partial charge in [-0.2, -0.15) is 13.2 Å². The number of hydrogen-bond donors (Lipinski definition) is 3. The van der Waals surface area contributed by atoms with Crippen LogP contribution in [0.4, 0.5) is 24.8 Å². The van der Waals surface area contributed by atoms with Crippen LogP contribution in [-0.4, -0.2) is 43.5 Å². The van der Waals surface area contributed by atoms with Crippen LogP contribution in [-0.2, 0) is 6.42 Å². The normalized spacial score (nSPS) is 20.9. The number of halogens is 3. The van der Waals surface area contributed by atoms with Crippen LogP contribution in [0.3, 0.4) is 0 Å². The van der Waals surface area contributed by atoms with Gasteiger partial charge >= 0.3 is 6.18 Å². The Morgan fingerprint density at radius 2 is 1.94 bits per heavy atom. The van der Waals surface area contributed by atoms with Crippen LogP contribution in [0.5, 0.6) is 0 Å². The Morgan fingerprint density at radius 3 is 2.76 bits per heavy atom. The van der Waals surface area contributed by atoms with Gasteiger partial charge in [-0.1, -0.05) is 12.1 Å². The molecule has 1 aliphatic carbocycles. The second-order valence-electron chi connectivity index (χ2n) is 8.92. The SMILES string of the molecule is Nc1ncnc2c1ccn2[C@@H]1C[C@H](CCc2ccc3ccc(NCC(F)(F)F)nc3c2)C[C@H]1O. The number of aromatic nitrogens is 4. The molecule has 0 bridgehead atoms. The number of alkyl halides is 3. The van der Waals surface area contributed by atoms with E-state index in [4.69, 9.17) is 5.73 Å². The van der Waals surface area contributed by atoms with E-state index in [0.717, 1.165) is 41.2 Å². The van der Waals surface area contributed by atoms with Gasteiger partial charge in [0.15, 0.2) is 0 Å². The molecule has 1 fully saturated rings. The summed E-state index contributed by atoms with van der Waals surface area (Å²) in [4.78, 5) is 12.7. The first kappa shape index (κ1) is 22.4. The van der Waals surface area contributed by atoms with Gasteiger partial charge in [0, 0.05) is 11.6 Å². The molecule has 0 amide bonds. The number of nitrogens with one attached hydrogen (secondary N) is 1. The number of aliphatic hydroxyl groups is 1. The Balaban J connectivity index is 1.25. The lowest BCUT2D eigenvalue weighted by molar-refractivity contribution is -0.115. The highest BCUT2D eigenvalue weighted by atomic mass is 19.4. The van der Waals surface area contributed by atoms with Crippen molar-refractivity contribution in [1.29, 1.82) is 0 Å². The Morgan fingerprint density at radius 1 is 1.12 bits per heavy atom. The van der Waals surface area contributed by atoms with Gasteiger partial charge in [0.25, 0.3) is 0 Å². The molecule has 5 rings (SSSR count). The van der Waals surface area contributed by atoms with E-state index < -0.39 is 18.8 Å². The number of aryl methyl sites for hydroxylation is 1. The maximum absolute atomic E-state index is 12.5. The van der Waals surface area contributed by atoms with Gasteiger partial charge in [-0.25, -0.2) is 15.0 Å². The Kier molecular flexibility index (Phi) is 5.76. The number of benzene rings is 1. The molecule has 0 spiro atoms. The number of nitrogens with zero attached hydrogens (tertiary/aromatic N) is 4. The third kappa shape index (κ3) is 4.63. The molecule has 4 aromatic rings. The minimum absolute atomic E-state index is 0.0719. The lowest BCUT2D eigenvalue weighted by Gasteiger charge is -2.17. The summed E-state index contributed by atoms with van der Waals surface area (Å²) in [5.74, 6) is 0.960. The zero-order valence-corrected chi connectivity index (χ0v) is 18.3. The molecular weight excluding hydrogens is 445 g/mol. The predicted molar refractivity (Wildman–Crippen MR) is 124 cm³/mol. The van der Waals surface area contributed by atoms with E-state index in [9.17, 15) is 18.3 Å². The number of hydrogen-bond acceptors (Lipinski definition) is 6. The molecule has 3 aromatic heterocycles. The number of anilines is 2. The summed E-state index contributed by atoms with van der Waals surface area (Å²) in [6.07, 6.45) is 1.78. The van der Waals surface area contributed by atoms with E-state index >= 15 is 0 Å². The lowest BCUT2D eigenvalue weighted by Crippen LogP contribution is -2.21. The van der Waals surface area contributed by atoms with Gasteiger partial charge in [0.1, 0.15) is 30.2 Å². The second-order valence-corrected chi connectivity index (χ2v) is 8.92. The Bertz CT molecular complexity index is 1320. The van der Waals surface area contributed by atoms with Crippen LogP contribution in [0.15, 0.2) is 48.9 Å². The van der Waals surface area contributed by atoms with Gasteiger partial charge < -0.3 is 20.7 Å². The molecule has 34 heavy (non-hydrogen) atoms. The van der Waals surface area contributed by atoms with E-state index in [1.165, 1.54) is 6.33 Å². The molecule has 1 aromatic carbocycles. The minimum Gasteiger partial charge on any atom is -0.391 e. The van der Waals surface area contributed by atoms with Crippen LogP contribution in [0.1, 0.15) is 30.9 Å². The largest absolute Gasteiger partial charge is 0.405 e. The van der Waals surface area contributed by atoms with Gasteiger partial charge in [0.2, 0.25) is 0 Å². The smallest absolute Gasteiger partial charge is 0.391 e. The van der Waals surface area contributed by atoms with Gasteiger partial charge in [-0.05, 0) is 61.4 Å². The quantitative estimate of drug-likeness (QED) is 0.384. The first-order chi connectivity index (χ1) is 16.3. The number of nitrogens with two attached hydrogens (primary N) is 1. The highest BCUT2D eigenvalue weighted by Crippen LogP contribution is 2.39. The van der Waals surface area contributed by atoms with Crippen molar-refractivity contribution >= 4 is 33.6 Å². The topological polar surface area (TPSA) is 102 Å². The standard InChI is InChI=1S/C24H25F3N6O/c25-24(26,27)12-29-21-6-5-16-4-3-14(9-18(16)32-21)1-2-15-10-19(20(34)11-15)33-8-7-17-22(28)30-13-31-23(17)33/h3-9,13,15,19-20,34H,1-2,10-12H2,(H,29,32)(H2,28,30,31)/t15-,19+,20+/m0/s1. The second kappa shape index (κ2) is 8.75. The molecule has 0 aliphatic heterocycles. The number of aliphatic hydroxyl groups excluding tert-OH is 1. The van der Waals surface area contributed by atoms with Crippen molar-refractivity contribution in [3.05, 3.63) is 54.5 Å². The van der Waals surface area contributed by atoms with Crippen molar-refractivity contribution in [2.24, 2.45) is 5.92 Å². The van der Waals surface area contributed by atoms with Crippen LogP contribution in [0.2, 0.25) is 0 Å². The molecular formula is C24H25F3N6O. The Labute approximate surface area is 193 Å². The van der Waals surface area contributed by atoms with E-state index in [1.54, 1.807) is 12.1 Å². The first-order valence-corrected chi connectivity index (χ1v) is 11.2. The number of nitrogen functional groups attached to an aromatic ring is 1. The van der Waals surface area contributed by atoms with Gasteiger partial charge in [-0.15, -0.1) is 0 Å². The molecule has 3 heterocycles. The summed E-state index contributed by atoms with van der Waals surface area (Å²) >= 11 is 0. The fraction of sp³-hybridized carbons (Fsp3) is 0.375. The highest BCUT2D eigenvalue weighted by molar-refractivity contribution is 5.86. The summed E-state index contributed by atoms with van der Waals surface area (Å²) in [5.41, 5.74) is 8.40. The van der Waals surface area contributed by atoms with Crippen molar-refractivity contribution in [3.63, 3.8) is 0 Å². The van der Waals surface area contributed by atoms with Crippen molar-refractivity contribution < 1.29 is 18.3 Å². The third-order valence-corrected chi connectivity index (χ3v) is 6.56. The molecule has 0 radical (unpaired) electrons. The molecule has 178 valence electrons. The van der Waals surface area contributed by atoms with Crippen molar-refractivity contribution in [3.8, 4) is 0 Å². The number of rotatable bonds is 6. The summed E-state index contributed by atoms with van der Waals surface area (Å²) in [7, 11) is 0. The molecule has 0 saturated heterocycles. The maximum Gasteiger partial charge on any atom is 0.405 e. The van der Waals surface area contributed by atoms with E-state index in [-0.39, 0.29) is 11.9 Å². The summed E-state index contributed by atoms with van der Waals surface area (Å²) < 4.78 is 39.5. The first-order valence-electron chi connectivity index (χ1n) is 11.2. The average molecular weight is 470 g/mol. The zero-order valence-electron chi connectivity index (χ0n) is 18.3. The van der Waals surface area contributed by atoms with E-state index in [2.05, 4.69) is 20.3 Å². The van der Waals surface area contributed by atoms with Crippen LogP contribution >= 0.6 is 0 Å². The van der Waals surface area contributed by atoms with Crippen molar-refractivity contribution in [2.75, 3.05) is 17.6 Å². The molecule has 10 heteroatoms. The van der Waals surface area contributed by atoms with Crippen LogP contribution in [0.25, 0.3) is 21.9 Å². The van der Waals surface area contributed by atoms with E-state index in [1.807, 2.05) is 35.0 Å². The molecule has 3 atom stereocenters. The van der Waals surface area contributed by atoms with Crippen LogP contribution < -0.4 is 11.1 Å². The summed E-state index contributed by atoms with van der Waals surface area (Å²) in [6, 6.07) is 11.0. The summed E-state index contributed by atoms with van der Waals surface area (Å²) in [5, 5.41) is 14.7. The molecule has 1 aliphatic rings. The monoisotopic (exact) mass is 470 g/mol. The number of pyridine rings is 1. The summed E-state index contributed by atoms with van der Waals surface area (Å²) in [6.45, 7) is -1.12. The molecule has 7 nitrogen and oxygen atoms in total. The number of fused-ring (bicyclic) bond motifs is 2. The lowest BCUT2D eigenvalue weighted by atomic mass is 9.97. The average Bonchev–Trinajstić information content (AvgIpc) is 3.39. The Hall–Kier alpha value is -3.40. The fourth-order valence-corrected chi connectivity index (χ4v) is 4.86. The van der Waals surface area contributed by atoms with Crippen LogP contribution in [0, 0.1) is 5.92 Å². The molecule has 1 saturated carbocycles. The highest BCUT2D eigenvalue weighted by Gasteiger charge is 2.34. The van der Waals surface area contributed by atoms with Crippen molar-refractivity contribution in [1.82, 2.24) is 19.5 Å². The predicted octanol–water partition coefficient (Wildman–Crippen LogP) is 4.48.